The molecule has 84 valence electrons. The van der Waals surface area contributed by atoms with E-state index in [4.69, 9.17) is 9.47 Å². The van der Waals surface area contributed by atoms with Crippen molar-refractivity contribution in [3.8, 4) is 11.5 Å². The average molecular weight is 226 g/mol. The van der Waals surface area contributed by atoms with Gasteiger partial charge in [-0.2, -0.15) is 0 Å². The lowest BCUT2D eigenvalue weighted by molar-refractivity contribution is 0.401. The van der Waals surface area contributed by atoms with Crippen molar-refractivity contribution in [2.24, 2.45) is 0 Å². The van der Waals surface area contributed by atoms with E-state index in [0.29, 0.717) is 0 Å². The van der Waals surface area contributed by atoms with E-state index < -0.39 is 0 Å². The molecule has 1 unspecified atom stereocenters. The summed E-state index contributed by atoms with van der Waals surface area (Å²) in [6, 6.07) is 5.96. The van der Waals surface area contributed by atoms with Crippen LogP contribution in [-0.2, 0) is 0 Å². The summed E-state index contributed by atoms with van der Waals surface area (Å²) >= 11 is 0. The van der Waals surface area contributed by atoms with Crippen LogP contribution in [0.1, 0.15) is 19.8 Å². The van der Waals surface area contributed by atoms with Crippen LogP contribution in [0.4, 0.5) is 0 Å². The Morgan fingerprint density at radius 3 is 2.20 bits per heavy atom. The summed E-state index contributed by atoms with van der Waals surface area (Å²) in [6.45, 7) is 2.21. The number of rotatable bonds is 6. The summed E-state index contributed by atoms with van der Waals surface area (Å²) in [5, 5.41) is 1.22. The second kappa shape index (κ2) is 6.68. The summed E-state index contributed by atoms with van der Waals surface area (Å²) in [6.07, 6.45) is 3.72. The highest BCUT2D eigenvalue weighted by Crippen LogP contribution is 2.27. The van der Waals surface area contributed by atoms with Gasteiger partial charge < -0.3 is 9.47 Å². The van der Waals surface area contributed by atoms with Crippen LogP contribution in [0.3, 0.4) is 0 Å². The summed E-state index contributed by atoms with van der Waals surface area (Å²) < 4.78 is 10.7. The minimum absolute atomic E-state index is 0.773. The third kappa shape index (κ3) is 3.39. The highest BCUT2D eigenvalue weighted by Gasteiger charge is 2.08. The maximum atomic E-state index is 5.35. The molecule has 0 aromatic heterocycles. The minimum atomic E-state index is 0.773. The first kappa shape index (κ1) is 12.3. The summed E-state index contributed by atoms with van der Waals surface area (Å²) in [5.41, 5.74) is 0. The van der Waals surface area contributed by atoms with Gasteiger partial charge in [-0.15, -0.1) is 0 Å². The molecule has 3 heteroatoms. The van der Waals surface area contributed by atoms with E-state index in [-0.39, 0.29) is 0 Å². The molecular weight excluding hydrogens is 207 g/mol. The molecule has 0 saturated heterocycles. The number of hydrogen-bond donors (Lipinski definition) is 0. The largest absolute Gasteiger partial charge is 0.496 e. The number of unbranched alkanes of at least 4 members (excludes halogenated alkanes) is 1. The molecule has 0 spiro atoms. The highest BCUT2D eigenvalue weighted by molar-refractivity contribution is 7.47. The van der Waals surface area contributed by atoms with Crippen LogP contribution in [0.25, 0.3) is 0 Å². The molecule has 0 aliphatic heterocycles. The lowest BCUT2D eigenvalue weighted by Crippen LogP contribution is -2.06. The van der Waals surface area contributed by atoms with E-state index in [2.05, 4.69) is 6.92 Å². The molecule has 0 bridgehead atoms. The Morgan fingerprint density at radius 2 is 1.73 bits per heavy atom. The Kier molecular flexibility index (Phi) is 5.49. The van der Waals surface area contributed by atoms with Gasteiger partial charge >= 0.3 is 0 Å². The fourth-order valence-corrected chi connectivity index (χ4v) is 2.92. The van der Waals surface area contributed by atoms with Gasteiger partial charge in [-0.25, -0.2) is 0 Å². The summed E-state index contributed by atoms with van der Waals surface area (Å²) in [4.78, 5) is 0. The number of methoxy groups -OCH3 is 2. The predicted octanol–water partition coefficient (Wildman–Crippen LogP) is 2.81. The molecular formula is C12H19O2P. The number of ether oxygens (including phenoxy) is 2. The second-order valence-electron chi connectivity index (χ2n) is 3.32. The van der Waals surface area contributed by atoms with Gasteiger partial charge in [0.05, 0.1) is 19.5 Å². The Morgan fingerprint density at radius 1 is 1.13 bits per heavy atom. The second-order valence-corrected chi connectivity index (χ2v) is 4.67. The molecule has 0 N–H and O–H groups in total. The van der Waals surface area contributed by atoms with Crippen LogP contribution in [0.2, 0.25) is 0 Å². The van der Waals surface area contributed by atoms with Gasteiger partial charge in [-0.1, -0.05) is 28.0 Å². The molecule has 1 rings (SSSR count). The third-order valence-electron chi connectivity index (χ3n) is 2.26. The van der Waals surface area contributed by atoms with Crippen molar-refractivity contribution in [3.05, 3.63) is 18.2 Å². The summed E-state index contributed by atoms with van der Waals surface area (Å²) in [5.74, 6) is 1.90. The Labute approximate surface area is 93.8 Å². The SMILES string of the molecule is CCCCPc1c(OC)cccc1OC. The molecule has 0 amide bonds. The van der Waals surface area contributed by atoms with Crippen molar-refractivity contribution in [1.82, 2.24) is 0 Å². The standard InChI is InChI=1S/C12H19O2P/c1-4-5-9-15-12-10(13-2)7-6-8-11(12)14-3/h6-8,15H,4-5,9H2,1-3H3. The van der Waals surface area contributed by atoms with E-state index in [0.717, 1.165) is 20.1 Å². The smallest absolute Gasteiger partial charge is 0.129 e. The van der Waals surface area contributed by atoms with E-state index >= 15 is 0 Å². The normalized spacial score (nSPS) is 10.9. The topological polar surface area (TPSA) is 18.5 Å². The molecule has 1 aromatic carbocycles. The first-order chi connectivity index (χ1) is 7.33. The van der Waals surface area contributed by atoms with Crippen LogP contribution >= 0.6 is 8.58 Å². The van der Waals surface area contributed by atoms with Gasteiger partial charge in [0.1, 0.15) is 11.5 Å². The zero-order chi connectivity index (χ0) is 11.1. The fourth-order valence-electron chi connectivity index (χ4n) is 1.42. The molecule has 15 heavy (non-hydrogen) atoms. The molecule has 0 heterocycles. The molecule has 2 nitrogen and oxygen atoms in total. The summed E-state index contributed by atoms with van der Waals surface area (Å²) in [7, 11) is 4.19. The monoisotopic (exact) mass is 226 g/mol. The van der Waals surface area contributed by atoms with Gasteiger partial charge in [-0.3, -0.25) is 0 Å². The van der Waals surface area contributed by atoms with E-state index in [1.54, 1.807) is 14.2 Å². The van der Waals surface area contributed by atoms with Crippen molar-refractivity contribution >= 4 is 13.9 Å². The van der Waals surface area contributed by atoms with Crippen molar-refractivity contribution in [1.29, 1.82) is 0 Å². The van der Waals surface area contributed by atoms with Crippen LogP contribution in [0, 0.1) is 0 Å². The van der Waals surface area contributed by atoms with E-state index in [1.807, 2.05) is 18.2 Å². The van der Waals surface area contributed by atoms with Crippen LogP contribution in [-0.4, -0.2) is 20.4 Å². The minimum Gasteiger partial charge on any atom is -0.496 e. The van der Waals surface area contributed by atoms with E-state index in [1.165, 1.54) is 24.3 Å². The average Bonchev–Trinajstić information content (AvgIpc) is 2.29. The van der Waals surface area contributed by atoms with Gasteiger partial charge in [0.25, 0.3) is 0 Å². The van der Waals surface area contributed by atoms with Crippen molar-refractivity contribution in [2.45, 2.75) is 19.8 Å². The molecule has 1 aromatic rings. The van der Waals surface area contributed by atoms with Gasteiger partial charge in [0.2, 0.25) is 0 Å². The Balaban J connectivity index is 2.80. The van der Waals surface area contributed by atoms with Gasteiger partial charge in [-0.05, 0) is 24.7 Å². The third-order valence-corrected chi connectivity index (χ3v) is 3.71. The Hall–Kier alpha value is -0.750. The number of hydrogen-bond acceptors (Lipinski definition) is 2. The first-order valence-electron chi connectivity index (χ1n) is 5.28. The number of benzene rings is 1. The van der Waals surface area contributed by atoms with Crippen LogP contribution < -0.4 is 14.8 Å². The van der Waals surface area contributed by atoms with Crippen molar-refractivity contribution in [2.75, 3.05) is 20.4 Å². The van der Waals surface area contributed by atoms with Crippen molar-refractivity contribution < 1.29 is 9.47 Å². The Bertz CT molecular complexity index is 277. The molecule has 0 aliphatic carbocycles. The van der Waals surface area contributed by atoms with Gasteiger partial charge in [0, 0.05) is 0 Å². The quantitative estimate of drug-likeness (QED) is 0.548. The molecule has 0 fully saturated rings. The lowest BCUT2D eigenvalue weighted by Gasteiger charge is -2.12. The zero-order valence-corrected chi connectivity index (χ0v) is 10.7. The molecule has 0 saturated carbocycles. The zero-order valence-electron chi connectivity index (χ0n) is 9.67. The van der Waals surface area contributed by atoms with Crippen molar-refractivity contribution in [3.63, 3.8) is 0 Å². The fraction of sp³-hybridized carbons (Fsp3) is 0.500. The molecule has 0 aliphatic rings. The maximum absolute atomic E-state index is 5.35. The predicted molar refractivity (Wildman–Crippen MR) is 67.3 cm³/mol. The first-order valence-corrected chi connectivity index (χ1v) is 6.49. The highest BCUT2D eigenvalue weighted by atomic mass is 31.1. The van der Waals surface area contributed by atoms with Gasteiger partial charge in [0.15, 0.2) is 0 Å². The van der Waals surface area contributed by atoms with Crippen LogP contribution in [0.5, 0.6) is 11.5 Å². The maximum Gasteiger partial charge on any atom is 0.129 e. The lowest BCUT2D eigenvalue weighted by atomic mass is 10.3. The van der Waals surface area contributed by atoms with Crippen LogP contribution in [0.15, 0.2) is 18.2 Å². The molecule has 0 radical (unpaired) electrons. The molecule has 1 atom stereocenters. The van der Waals surface area contributed by atoms with E-state index in [9.17, 15) is 0 Å².